The van der Waals surface area contributed by atoms with Gasteiger partial charge in [-0.25, -0.2) is 39.6 Å². The molecule has 15 rings (SSSR count). The minimum Gasteiger partial charge on any atom is -0.480 e. The quantitative estimate of drug-likeness (QED) is 0.0389. The van der Waals surface area contributed by atoms with Gasteiger partial charge in [0.2, 0.25) is 0 Å². The molecule has 27 nitrogen and oxygen atoms in total. The van der Waals surface area contributed by atoms with Crippen molar-refractivity contribution in [2.75, 3.05) is 38.4 Å². The highest BCUT2D eigenvalue weighted by molar-refractivity contribution is 7.91. The molecule has 0 bridgehead atoms. The molecule has 0 spiro atoms. The van der Waals surface area contributed by atoms with Crippen LogP contribution in [0.4, 0.5) is 0 Å². The normalized spacial score (nSPS) is 14.0. The Bertz CT molecular complexity index is 6260. The number of carboxylic acids is 3. The maximum absolute atomic E-state index is 13.1. The third-order valence-electron chi connectivity index (χ3n) is 20.7. The van der Waals surface area contributed by atoms with Crippen LogP contribution in [0.1, 0.15) is 112 Å². The van der Waals surface area contributed by atoms with E-state index in [0.29, 0.717) is 114 Å². The lowest BCUT2D eigenvalue weighted by atomic mass is 9.96. The molecular formula is C87H76Cl2N6O21S3. The Balaban J connectivity index is 0.000000155. The average molecular weight is 1710 g/mol. The number of nitrogens with zero attached hydrogens (tertiary/aromatic N) is 3. The van der Waals surface area contributed by atoms with E-state index in [1.165, 1.54) is 54.6 Å². The molecule has 6 N–H and O–H groups in total. The van der Waals surface area contributed by atoms with Gasteiger partial charge in [0.25, 0.3) is 35.4 Å². The van der Waals surface area contributed by atoms with E-state index < -0.39 is 83.3 Å². The van der Waals surface area contributed by atoms with Gasteiger partial charge in [-0.3, -0.25) is 28.8 Å². The number of carbonyl (C=O) groups excluding carboxylic acids is 6. The predicted octanol–water partition coefficient (Wildman–Crippen LogP) is 11.7. The zero-order valence-corrected chi connectivity index (χ0v) is 67.8. The molecule has 119 heavy (non-hydrogen) atoms. The Morgan fingerprint density at radius 2 is 0.739 bits per heavy atom. The van der Waals surface area contributed by atoms with Gasteiger partial charge >= 0.3 is 17.9 Å². The first-order valence-corrected chi connectivity index (χ1v) is 43.5. The number of hydrogen-bond acceptors (Lipinski definition) is 18. The van der Waals surface area contributed by atoms with Gasteiger partial charge in [0.15, 0.2) is 29.5 Å². The molecule has 3 aliphatic rings. The highest BCUT2D eigenvalue weighted by Gasteiger charge is 2.33. The van der Waals surface area contributed by atoms with E-state index in [4.69, 9.17) is 36.5 Å². The molecule has 9 aromatic carbocycles. The number of nitrogens with one attached hydrogen (secondary N) is 3. The van der Waals surface area contributed by atoms with Crippen molar-refractivity contribution in [3.63, 3.8) is 0 Å². The van der Waals surface area contributed by atoms with Crippen molar-refractivity contribution in [2.24, 2.45) is 0 Å². The van der Waals surface area contributed by atoms with E-state index in [1.54, 1.807) is 131 Å². The predicted molar refractivity (Wildman–Crippen MR) is 440 cm³/mol. The first kappa shape index (κ1) is 84.2. The number of carboxylic acid groups (broad SMARTS) is 3. The number of hydrogen-bond donors (Lipinski definition) is 6. The van der Waals surface area contributed by atoms with Crippen LogP contribution in [0.25, 0.3) is 32.9 Å². The minimum atomic E-state index is -3.47. The number of halogens is 2. The summed E-state index contributed by atoms with van der Waals surface area (Å²) in [6, 6.07) is 47.1. The van der Waals surface area contributed by atoms with Gasteiger partial charge in [-0.15, -0.1) is 0 Å². The zero-order valence-electron chi connectivity index (χ0n) is 63.9. The summed E-state index contributed by atoms with van der Waals surface area (Å²) in [4.78, 5) is 120. The Morgan fingerprint density at radius 1 is 0.378 bits per heavy atom. The van der Waals surface area contributed by atoms with Crippen LogP contribution in [0.15, 0.2) is 235 Å². The van der Waals surface area contributed by atoms with Crippen molar-refractivity contribution in [1.29, 1.82) is 0 Å². The number of benzene rings is 9. The Hall–Kier alpha value is -12.7. The summed E-state index contributed by atoms with van der Waals surface area (Å²) in [7, 11) is -10.4. The van der Waals surface area contributed by atoms with E-state index >= 15 is 0 Å². The van der Waals surface area contributed by atoms with Crippen LogP contribution in [-0.2, 0) is 102 Å². The minimum absolute atomic E-state index is 0.0623. The summed E-state index contributed by atoms with van der Waals surface area (Å²) in [6.45, 7) is 2.30. The lowest BCUT2D eigenvalue weighted by Gasteiger charge is -2.30. The fourth-order valence-corrected chi connectivity index (χ4v) is 17.0. The number of carbonyl (C=O) groups is 9. The number of sulfone groups is 3. The number of aliphatic carboxylic acids is 3. The highest BCUT2D eigenvalue weighted by atomic mass is 35.5. The summed E-state index contributed by atoms with van der Waals surface area (Å²) in [5, 5.41) is 39.8. The maximum atomic E-state index is 13.1. The summed E-state index contributed by atoms with van der Waals surface area (Å²) < 4.78 is 87.4. The van der Waals surface area contributed by atoms with Gasteiger partial charge in [0.05, 0.1) is 54.6 Å². The Morgan fingerprint density at radius 3 is 1.15 bits per heavy atom. The number of furan rings is 3. The molecular weight excluding hydrogens is 1630 g/mol. The molecule has 3 aliphatic heterocycles. The van der Waals surface area contributed by atoms with Crippen LogP contribution < -0.4 is 16.0 Å². The van der Waals surface area contributed by atoms with Crippen molar-refractivity contribution in [1.82, 2.24) is 30.7 Å². The smallest absolute Gasteiger partial charge is 0.326 e. The van der Waals surface area contributed by atoms with Crippen molar-refractivity contribution in [2.45, 2.75) is 91.0 Å². The van der Waals surface area contributed by atoms with E-state index in [1.807, 2.05) is 36.4 Å². The monoisotopic (exact) mass is 1710 g/mol. The number of rotatable bonds is 21. The molecule has 6 amide bonds. The molecule has 0 radical (unpaired) electrons. The van der Waals surface area contributed by atoms with Crippen LogP contribution in [0, 0.1) is 0 Å². The van der Waals surface area contributed by atoms with Gasteiger partial charge in [0, 0.05) is 116 Å². The molecule has 6 heterocycles. The molecule has 12 aromatic rings. The molecule has 0 aliphatic carbocycles. The lowest BCUT2D eigenvalue weighted by Crippen LogP contribution is -2.42. The fourth-order valence-electron chi connectivity index (χ4n) is 14.3. The van der Waals surface area contributed by atoms with Crippen molar-refractivity contribution >= 4 is 139 Å². The first-order chi connectivity index (χ1) is 56.6. The summed E-state index contributed by atoms with van der Waals surface area (Å²) in [5.74, 6) is -6.04. The second-order valence-electron chi connectivity index (χ2n) is 29.1. The molecule has 32 heteroatoms. The topological polar surface area (TPSA) is 402 Å². The summed E-state index contributed by atoms with van der Waals surface area (Å²) >= 11 is 13.1. The van der Waals surface area contributed by atoms with E-state index in [-0.39, 0.29) is 72.8 Å². The highest BCUT2D eigenvalue weighted by Crippen LogP contribution is 2.34. The molecule has 0 saturated heterocycles. The molecule has 3 aromatic heterocycles. The van der Waals surface area contributed by atoms with E-state index in [9.17, 15) is 83.7 Å². The van der Waals surface area contributed by atoms with Crippen molar-refractivity contribution in [3.05, 3.63) is 300 Å². The second kappa shape index (κ2) is 35.2. The van der Waals surface area contributed by atoms with E-state index in [0.717, 1.165) is 68.3 Å². The van der Waals surface area contributed by atoms with Crippen LogP contribution >= 0.6 is 23.2 Å². The standard InChI is InChI=1S/2C29H25ClN2O7S.C29H26N2O7S/c1-40(37,38)22-4-2-3-17(11-22)12-25(29(35)36)31-27(33)23-13-19-7-9-32(16-21(19)14-24(23)30)28(34)20-6-5-18-8-10-39-26(18)15-20;1-40(37,38)21-4-2-3-17(13-21)14-24(29(35)36)31-27(33)23-8-7-20-16-32(11-9-22(20)26(23)30)28(34)19-6-5-18-10-12-39-25(18)15-19;1-39(36,37)24-4-2-3-18(13-24)14-25(29(34)35)30-27(32)21-6-8-23-17-31(11-9-20(23)15-21)28(33)22-7-5-19-10-12-38-26(19)16-22/h2-6,8,10-11,13-15,25H,7,9,12,16H2,1H3,(H,31,33)(H,35,36);2-8,10,12-13,15,24H,9,11,14,16H2,1H3,(H,31,33)(H,35,36);2-8,10,12-13,15-16,25H,9,11,14,17H2,1H3,(H,30,32)(H,34,35)/t25-;24-;25-/m000/s1. The first-order valence-electron chi connectivity index (χ1n) is 37.1. The largest absolute Gasteiger partial charge is 0.480 e. The van der Waals surface area contributed by atoms with Gasteiger partial charge in [0.1, 0.15) is 34.9 Å². The number of amides is 6. The number of fused-ring (bicyclic) bond motifs is 6. The zero-order chi connectivity index (χ0) is 84.9. The molecule has 612 valence electrons. The second-order valence-corrected chi connectivity index (χ2v) is 35.9. The van der Waals surface area contributed by atoms with Gasteiger partial charge < -0.3 is 59.2 Å². The fraction of sp³-hybridized carbons (Fsp3) is 0.207. The van der Waals surface area contributed by atoms with Crippen LogP contribution in [0.3, 0.4) is 0 Å². The van der Waals surface area contributed by atoms with Crippen molar-refractivity contribution in [3.8, 4) is 0 Å². The molecule has 0 saturated carbocycles. The SMILES string of the molecule is CS(=O)(=O)c1cccc(C[C@H](NC(=O)c2cc3c(cc2Cl)CN(C(=O)c2ccc4ccoc4c2)CC3)C(=O)O)c1.CS(=O)(=O)c1cccc(C[C@H](NC(=O)c2ccc3c(c2)CCN(C(=O)c2ccc4ccoc4c2)C3)C(=O)O)c1.CS(=O)(=O)c1cccc(C[C@H](NC(=O)c2ccc3c(c2Cl)CCN(C(=O)c2ccc4ccoc4c2)C3)C(=O)O)c1. The van der Waals surface area contributed by atoms with Crippen LogP contribution in [0.5, 0.6) is 0 Å². The van der Waals surface area contributed by atoms with Crippen molar-refractivity contribution < 1.29 is 97.0 Å². The Kier molecular flexibility index (Phi) is 24.9. The Labute approximate surface area is 691 Å². The van der Waals surface area contributed by atoms with Gasteiger partial charge in [-0.05, 0) is 191 Å². The van der Waals surface area contributed by atoms with Gasteiger partial charge in [-0.1, -0.05) is 89.9 Å². The third kappa shape index (κ3) is 19.9. The van der Waals surface area contributed by atoms with Crippen LogP contribution in [-0.4, -0.2) is 165 Å². The molecule has 0 fully saturated rings. The lowest BCUT2D eigenvalue weighted by molar-refractivity contribution is -0.140. The molecule has 3 atom stereocenters. The average Bonchev–Trinajstić information content (AvgIpc) is 1.52. The van der Waals surface area contributed by atoms with Crippen LogP contribution in [0.2, 0.25) is 10.0 Å². The molecule has 0 unspecified atom stereocenters. The summed E-state index contributed by atoms with van der Waals surface area (Å²) in [6.07, 6.45) is 9.08. The van der Waals surface area contributed by atoms with Gasteiger partial charge in [-0.2, -0.15) is 0 Å². The summed E-state index contributed by atoms with van der Waals surface area (Å²) in [5.41, 5.74) is 10.4. The van der Waals surface area contributed by atoms with E-state index in [2.05, 4.69) is 16.0 Å². The maximum Gasteiger partial charge on any atom is 0.326 e. The third-order valence-corrected chi connectivity index (χ3v) is 24.8.